The van der Waals surface area contributed by atoms with Gasteiger partial charge >= 0.3 is 0 Å². The molecule has 3 fully saturated rings. The lowest BCUT2D eigenvalue weighted by Gasteiger charge is -2.58. The zero-order chi connectivity index (χ0) is 18.0. The fourth-order valence-electron chi connectivity index (χ4n) is 7.34. The van der Waals surface area contributed by atoms with Crippen LogP contribution >= 0.6 is 0 Å². The molecular weight excluding hydrogens is 315 g/mol. The van der Waals surface area contributed by atoms with Gasteiger partial charge in [-0.2, -0.15) is 0 Å². The fourth-order valence-corrected chi connectivity index (χ4v) is 7.34. The smallest absolute Gasteiger partial charge is 0.158 e. The van der Waals surface area contributed by atoms with Crippen LogP contribution in [0.25, 0.3) is 0 Å². The number of fused-ring (bicyclic) bond motifs is 5. The number of halogens is 1. The molecule has 3 heteroatoms. The van der Waals surface area contributed by atoms with Gasteiger partial charge in [-0.05, 0) is 91.6 Å². The Labute approximate surface area is 150 Å². The van der Waals surface area contributed by atoms with E-state index in [4.69, 9.17) is 0 Å². The van der Waals surface area contributed by atoms with Crippen LogP contribution in [-0.2, 0) is 4.79 Å². The average Bonchev–Trinajstić information content (AvgIpc) is 2.95. The molecule has 0 aliphatic heterocycles. The number of carbonyl (C=O) groups excluding carboxylic acids is 1. The third-order valence-corrected chi connectivity index (χ3v) is 8.67. The fraction of sp³-hybridized carbons (Fsp3) is 0.773. The Morgan fingerprint density at radius 2 is 1.80 bits per heavy atom. The second kappa shape index (κ2) is 5.77. The zero-order valence-electron chi connectivity index (χ0n) is 15.8. The predicted octanol–water partition coefficient (Wildman–Crippen LogP) is 5.12. The van der Waals surface area contributed by atoms with Crippen molar-refractivity contribution in [1.82, 2.24) is 0 Å². The van der Waals surface area contributed by atoms with Gasteiger partial charge in [-0.3, -0.25) is 4.79 Å². The normalized spacial score (nSPS) is 45.8. The third kappa shape index (κ3) is 2.27. The van der Waals surface area contributed by atoms with E-state index in [1.807, 2.05) is 6.92 Å². The maximum atomic E-state index is 14.3. The molecule has 4 aliphatic carbocycles. The molecule has 0 bridgehead atoms. The van der Waals surface area contributed by atoms with E-state index >= 15 is 0 Å². The summed E-state index contributed by atoms with van der Waals surface area (Å²) in [7, 11) is 0. The lowest BCUT2D eigenvalue weighted by atomic mass is 9.46. The SMILES string of the molecule is CC1=C2CC[C@@H]3[C@H](CC[C@]4(C)C(=C(F)CO)CC[C@@H]34)[C@@]2(C)CCC1=O. The minimum absolute atomic E-state index is 0.0644. The Kier molecular flexibility index (Phi) is 4.03. The molecular formula is C22H31FO2. The van der Waals surface area contributed by atoms with E-state index in [2.05, 4.69) is 13.8 Å². The van der Waals surface area contributed by atoms with Crippen molar-refractivity contribution in [1.29, 1.82) is 0 Å². The number of hydrogen-bond acceptors (Lipinski definition) is 2. The van der Waals surface area contributed by atoms with Crippen LogP contribution in [0.1, 0.15) is 72.1 Å². The lowest BCUT2D eigenvalue weighted by Crippen LogP contribution is -2.50. The van der Waals surface area contributed by atoms with Crippen molar-refractivity contribution in [2.24, 2.45) is 28.6 Å². The van der Waals surface area contributed by atoms with E-state index in [9.17, 15) is 14.3 Å². The summed E-state index contributed by atoms with van der Waals surface area (Å²) >= 11 is 0. The van der Waals surface area contributed by atoms with Crippen LogP contribution < -0.4 is 0 Å². The quantitative estimate of drug-likeness (QED) is 0.715. The second-order valence-corrected chi connectivity index (χ2v) is 9.40. The van der Waals surface area contributed by atoms with Crippen LogP contribution in [0, 0.1) is 28.6 Å². The molecule has 138 valence electrons. The van der Waals surface area contributed by atoms with Gasteiger partial charge in [0.15, 0.2) is 5.78 Å². The number of Topliss-reactive ketones (excluding diaryl/α,β-unsaturated/α-hetero) is 1. The number of rotatable bonds is 1. The molecule has 0 amide bonds. The van der Waals surface area contributed by atoms with E-state index in [0.717, 1.165) is 56.1 Å². The first kappa shape index (κ1) is 17.5. The zero-order valence-corrected chi connectivity index (χ0v) is 15.8. The molecule has 1 N–H and O–H groups in total. The van der Waals surface area contributed by atoms with Gasteiger partial charge in [0.1, 0.15) is 5.83 Å². The van der Waals surface area contributed by atoms with Crippen LogP contribution in [0.3, 0.4) is 0 Å². The standard InChI is InChI=1S/C22H31FO2/c1-13-15-5-4-14-16-6-7-18(19(23)12-24)22(16,3)10-8-17(14)21(15,2)11-9-20(13)25/h14,16-17,24H,4-12H2,1-3H3/t14-,16-,17-,21-,22-/m0/s1. The van der Waals surface area contributed by atoms with Crippen molar-refractivity contribution >= 4 is 5.78 Å². The van der Waals surface area contributed by atoms with E-state index < -0.39 is 6.61 Å². The Hall–Kier alpha value is -0.960. The Morgan fingerprint density at radius 3 is 2.52 bits per heavy atom. The van der Waals surface area contributed by atoms with Gasteiger partial charge < -0.3 is 5.11 Å². The summed E-state index contributed by atoms with van der Waals surface area (Å²) in [6.07, 6.45) is 7.91. The molecule has 2 nitrogen and oxygen atoms in total. The van der Waals surface area contributed by atoms with E-state index in [-0.39, 0.29) is 16.7 Å². The van der Waals surface area contributed by atoms with Crippen molar-refractivity contribution in [2.75, 3.05) is 6.61 Å². The molecule has 0 aromatic heterocycles. The van der Waals surface area contributed by atoms with E-state index in [1.165, 1.54) is 5.57 Å². The van der Waals surface area contributed by atoms with Crippen molar-refractivity contribution in [3.63, 3.8) is 0 Å². The summed E-state index contributed by atoms with van der Waals surface area (Å²) in [6, 6.07) is 0. The second-order valence-electron chi connectivity index (χ2n) is 9.40. The largest absolute Gasteiger partial charge is 0.389 e. The molecule has 0 heterocycles. The van der Waals surface area contributed by atoms with Crippen LogP contribution in [0.5, 0.6) is 0 Å². The molecule has 5 atom stereocenters. The Morgan fingerprint density at radius 1 is 1.08 bits per heavy atom. The van der Waals surface area contributed by atoms with Crippen LogP contribution in [0.4, 0.5) is 4.39 Å². The molecule has 0 aromatic carbocycles. The number of hydrogen-bond donors (Lipinski definition) is 1. The van der Waals surface area contributed by atoms with Gasteiger partial charge in [0.25, 0.3) is 0 Å². The topological polar surface area (TPSA) is 37.3 Å². The maximum absolute atomic E-state index is 14.3. The summed E-state index contributed by atoms with van der Waals surface area (Å²) in [6.45, 7) is 6.24. The Bertz CT molecular complexity index is 676. The summed E-state index contributed by atoms with van der Waals surface area (Å²) in [5.41, 5.74) is 3.48. The molecule has 25 heavy (non-hydrogen) atoms. The van der Waals surface area contributed by atoms with Crippen molar-refractivity contribution in [2.45, 2.75) is 72.1 Å². The highest BCUT2D eigenvalue weighted by molar-refractivity contribution is 5.96. The maximum Gasteiger partial charge on any atom is 0.158 e. The minimum atomic E-state index is -0.447. The summed E-state index contributed by atoms with van der Waals surface area (Å²) in [4.78, 5) is 12.2. The first-order chi connectivity index (χ1) is 11.8. The third-order valence-electron chi connectivity index (χ3n) is 8.67. The molecule has 0 aromatic rings. The van der Waals surface area contributed by atoms with E-state index in [0.29, 0.717) is 30.0 Å². The van der Waals surface area contributed by atoms with Crippen LogP contribution in [-0.4, -0.2) is 17.5 Å². The summed E-state index contributed by atoms with van der Waals surface area (Å²) in [5.74, 6) is 1.88. The summed E-state index contributed by atoms with van der Waals surface area (Å²) < 4.78 is 14.3. The predicted molar refractivity (Wildman–Crippen MR) is 96.5 cm³/mol. The first-order valence-electron chi connectivity index (χ1n) is 10.0. The molecule has 4 rings (SSSR count). The van der Waals surface area contributed by atoms with Gasteiger partial charge in [0.2, 0.25) is 0 Å². The molecule has 4 aliphatic rings. The molecule has 0 spiro atoms. The van der Waals surface area contributed by atoms with Gasteiger partial charge in [-0.25, -0.2) is 4.39 Å². The first-order valence-corrected chi connectivity index (χ1v) is 10.0. The van der Waals surface area contributed by atoms with Crippen molar-refractivity contribution in [3.05, 3.63) is 22.5 Å². The number of aliphatic hydroxyl groups excluding tert-OH is 1. The van der Waals surface area contributed by atoms with Gasteiger partial charge in [-0.15, -0.1) is 0 Å². The van der Waals surface area contributed by atoms with E-state index in [1.54, 1.807) is 0 Å². The van der Waals surface area contributed by atoms with Gasteiger partial charge in [-0.1, -0.05) is 19.4 Å². The van der Waals surface area contributed by atoms with Gasteiger partial charge in [0.05, 0.1) is 6.61 Å². The number of carbonyl (C=O) groups is 1. The van der Waals surface area contributed by atoms with Crippen molar-refractivity contribution < 1.29 is 14.3 Å². The highest BCUT2D eigenvalue weighted by atomic mass is 19.1. The molecule has 0 radical (unpaired) electrons. The average molecular weight is 346 g/mol. The lowest BCUT2D eigenvalue weighted by molar-refractivity contribution is -0.118. The summed E-state index contributed by atoms with van der Waals surface area (Å²) in [5, 5.41) is 9.31. The molecule has 0 saturated heterocycles. The molecule has 3 saturated carbocycles. The van der Waals surface area contributed by atoms with Gasteiger partial charge in [0, 0.05) is 6.42 Å². The highest BCUT2D eigenvalue weighted by Gasteiger charge is 2.58. The van der Waals surface area contributed by atoms with Crippen LogP contribution in [0.15, 0.2) is 22.5 Å². The van der Waals surface area contributed by atoms with Crippen molar-refractivity contribution in [3.8, 4) is 0 Å². The molecule has 0 unspecified atom stereocenters. The number of ketones is 1. The minimum Gasteiger partial charge on any atom is -0.389 e. The Balaban J connectivity index is 1.71. The monoisotopic (exact) mass is 346 g/mol. The van der Waals surface area contributed by atoms with Crippen LogP contribution in [0.2, 0.25) is 0 Å². The highest BCUT2D eigenvalue weighted by Crippen LogP contribution is 2.67. The number of allylic oxidation sites excluding steroid dienone is 2. The number of aliphatic hydroxyl groups is 1.